The van der Waals surface area contributed by atoms with E-state index in [2.05, 4.69) is 26.8 Å². The van der Waals surface area contributed by atoms with Gasteiger partial charge in [-0.3, -0.25) is 0 Å². The number of aryl methyl sites for hydroxylation is 2. The van der Waals surface area contributed by atoms with Crippen LogP contribution in [0.4, 0.5) is 0 Å². The van der Waals surface area contributed by atoms with Crippen LogP contribution >= 0.6 is 0 Å². The minimum Gasteiger partial charge on any atom is -0.492 e. The summed E-state index contributed by atoms with van der Waals surface area (Å²) >= 11 is 0. The Kier molecular flexibility index (Phi) is 3.40. The Balaban J connectivity index is 2.08. The quantitative estimate of drug-likeness (QED) is 0.869. The van der Waals surface area contributed by atoms with Crippen molar-refractivity contribution < 1.29 is 14.6 Å². The number of benzene rings is 1. The summed E-state index contributed by atoms with van der Waals surface area (Å²) in [4.78, 5) is 0. The van der Waals surface area contributed by atoms with Crippen LogP contribution in [0, 0.1) is 26.2 Å². The molecule has 1 heterocycles. The molecule has 0 aliphatic carbocycles. The molecule has 1 aliphatic heterocycles. The maximum Gasteiger partial charge on any atom is 0.122 e. The molecule has 0 spiro atoms. The topological polar surface area (TPSA) is 38.7 Å². The Hall–Kier alpha value is -1.06. The molecule has 1 N–H and O–H groups in total. The summed E-state index contributed by atoms with van der Waals surface area (Å²) in [6, 6.07) is 4.20. The van der Waals surface area contributed by atoms with E-state index in [1.807, 2.05) is 6.07 Å². The predicted octanol–water partition coefficient (Wildman–Crippen LogP) is 2.00. The molecule has 2 rings (SSSR count). The average molecular weight is 236 g/mol. The summed E-state index contributed by atoms with van der Waals surface area (Å²) in [6.07, 6.45) is 0. The van der Waals surface area contributed by atoms with Crippen LogP contribution in [0.15, 0.2) is 12.1 Å². The lowest BCUT2D eigenvalue weighted by Crippen LogP contribution is -2.50. The van der Waals surface area contributed by atoms with E-state index < -0.39 is 0 Å². The van der Waals surface area contributed by atoms with Crippen molar-refractivity contribution in [2.75, 3.05) is 26.4 Å². The lowest BCUT2D eigenvalue weighted by atomic mass is 9.88. The summed E-state index contributed by atoms with van der Waals surface area (Å²) in [5.74, 6) is 0.919. The molecule has 1 aromatic rings. The van der Waals surface area contributed by atoms with Crippen molar-refractivity contribution in [2.24, 2.45) is 5.41 Å². The Morgan fingerprint density at radius 3 is 2.53 bits per heavy atom. The van der Waals surface area contributed by atoms with E-state index in [4.69, 9.17) is 9.47 Å². The zero-order valence-corrected chi connectivity index (χ0v) is 10.7. The van der Waals surface area contributed by atoms with Crippen LogP contribution in [0.1, 0.15) is 16.7 Å². The summed E-state index contributed by atoms with van der Waals surface area (Å²) in [5, 5.41) is 9.33. The third-order valence-corrected chi connectivity index (χ3v) is 3.45. The molecule has 1 fully saturated rings. The molecule has 1 aromatic carbocycles. The van der Waals surface area contributed by atoms with Crippen LogP contribution in [0.2, 0.25) is 0 Å². The molecule has 0 unspecified atom stereocenters. The van der Waals surface area contributed by atoms with Gasteiger partial charge in [0, 0.05) is 0 Å². The molecule has 0 atom stereocenters. The van der Waals surface area contributed by atoms with Gasteiger partial charge in [0.05, 0.1) is 25.2 Å². The second kappa shape index (κ2) is 4.67. The van der Waals surface area contributed by atoms with Crippen molar-refractivity contribution in [3.63, 3.8) is 0 Å². The van der Waals surface area contributed by atoms with Crippen LogP contribution in [0.5, 0.6) is 5.75 Å². The minimum absolute atomic E-state index is 0.122. The molecule has 3 nitrogen and oxygen atoms in total. The molecule has 0 amide bonds. The molecule has 0 saturated carbocycles. The van der Waals surface area contributed by atoms with Gasteiger partial charge in [0.1, 0.15) is 12.4 Å². The second-order valence-corrected chi connectivity index (χ2v) is 5.14. The smallest absolute Gasteiger partial charge is 0.122 e. The van der Waals surface area contributed by atoms with Gasteiger partial charge in [-0.25, -0.2) is 0 Å². The maximum absolute atomic E-state index is 9.33. The summed E-state index contributed by atoms with van der Waals surface area (Å²) < 4.78 is 11.0. The molecule has 1 aliphatic rings. The van der Waals surface area contributed by atoms with Gasteiger partial charge in [-0.15, -0.1) is 0 Å². The van der Waals surface area contributed by atoms with E-state index in [9.17, 15) is 5.11 Å². The number of aliphatic hydroxyl groups excluding tert-OH is 1. The molecular weight excluding hydrogens is 216 g/mol. The van der Waals surface area contributed by atoms with Crippen molar-refractivity contribution >= 4 is 0 Å². The Bertz CT molecular complexity index is 403. The first-order valence-corrected chi connectivity index (χ1v) is 5.96. The highest BCUT2D eigenvalue weighted by Gasteiger charge is 2.39. The fraction of sp³-hybridized carbons (Fsp3) is 0.571. The summed E-state index contributed by atoms with van der Waals surface area (Å²) in [5.41, 5.74) is 3.42. The van der Waals surface area contributed by atoms with Gasteiger partial charge in [-0.1, -0.05) is 6.07 Å². The van der Waals surface area contributed by atoms with Crippen molar-refractivity contribution in [2.45, 2.75) is 20.8 Å². The van der Waals surface area contributed by atoms with Crippen LogP contribution in [-0.2, 0) is 4.74 Å². The molecule has 1 saturated heterocycles. The summed E-state index contributed by atoms with van der Waals surface area (Å²) in [6.45, 7) is 8.04. The van der Waals surface area contributed by atoms with E-state index >= 15 is 0 Å². The van der Waals surface area contributed by atoms with Gasteiger partial charge in [-0.05, 0) is 43.5 Å². The number of hydrogen-bond donors (Lipinski definition) is 1. The lowest BCUT2D eigenvalue weighted by molar-refractivity contribution is -0.153. The average Bonchev–Trinajstić information content (AvgIpc) is 2.23. The highest BCUT2D eigenvalue weighted by atomic mass is 16.5. The molecule has 94 valence electrons. The SMILES string of the molecule is Cc1cc(C)c(C)c(OCC2(CO)COC2)c1. The largest absolute Gasteiger partial charge is 0.492 e. The van der Waals surface area contributed by atoms with Gasteiger partial charge < -0.3 is 14.6 Å². The lowest BCUT2D eigenvalue weighted by Gasteiger charge is -2.39. The van der Waals surface area contributed by atoms with Crippen LogP contribution in [0.25, 0.3) is 0 Å². The number of aliphatic hydroxyl groups is 1. The molecule has 0 radical (unpaired) electrons. The predicted molar refractivity (Wildman–Crippen MR) is 66.5 cm³/mol. The van der Waals surface area contributed by atoms with E-state index in [-0.39, 0.29) is 12.0 Å². The first kappa shape index (κ1) is 12.4. The minimum atomic E-state index is -0.190. The Labute approximate surface area is 102 Å². The van der Waals surface area contributed by atoms with Gasteiger partial charge in [-0.2, -0.15) is 0 Å². The molecule has 3 heteroatoms. The van der Waals surface area contributed by atoms with E-state index in [1.54, 1.807) is 0 Å². The second-order valence-electron chi connectivity index (χ2n) is 5.14. The van der Waals surface area contributed by atoms with Crippen molar-refractivity contribution in [1.82, 2.24) is 0 Å². The summed E-state index contributed by atoms with van der Waals surface area (Å²) in [7, 11) is 0. The monoisotopic (exact) mass is 236 g/mol. The van der Waals surface area contributed by atoms with E-state index in [0.717, 1.165) is 5.75 Å². The highest BCUT2D eigenvalue weighted by Crippen LogP contribution is 2.30. The fourth-order valence-electron chi connectivity index (χ4n) is 1.99. The van der Waals surface area contributed by atoms with Crippen molar-refractivity contribution in [1.29, 1.82) is 0 Å². The van der Waals surface area contributed by atoms with E-state index in [0.29, 0.717) is 19.8 Å². The zero-order chi connectivity index (χ0) is 12.5. The Morgan fingerprint density at radius 2 is 2.00 bits per heavy atom. The molecule has 0 aromatic heterocycles. The van der Waals surface area contributed by atoms with Gasteiger partial charge in [0.25, 0.3) is 0 Å². The van der Waals surface area contributed by atoms with Gasteiger partial charge in [0.15, 0.2) is 0 Å². The van der Waals surface area contributed by atoms with Crippen LogP contribution in [-0.4, -0.2) is 31.5 Å². The van der Waals surface area contributed by atoms with E-state index in [1.165, 1.54) is 16.7 Å². The van der Waals surface area contributed by atoms with Crippen LogP contribution in [0.3, 0.4) is 0 Å². The normalized spacial score (nSPS) is 17.6. The Morgan fingerprint density at radius 1 is 1.29 bits per heavy atom. The number of rotatable bonds is 4. The first-order valence-electron chi connectivity index (χ1n) is 5.96. The molecule has 17 heavy (non-hydrogen) atoms. The zero-order valence-electron chi connectivity index (χ0n) is 10.7. The molecule has 0 bridgehead atoms. The van der Waals surface area contributed by atoms with Gasteiger partial charge >= 0.3 is 0 Å². The van der Waals surface area contributed by atoms with Crippen molar-refractivity contribution in [3.8, 4) is 5.75 Å². The highest BCUT2D eigenvalue weighted by molar-refractivity contribution is 5.41. The van der Waals surface area contributed by atoms with Crippen molar-refractivity contribution in [3.05, 3.63) is 28.8 Å². The maximum atomic E-state index is 9.33. The number of ether oxygens (including phenoxy) is 2. The fourth-order valence-corrected chi connectivity index (χ4v) is 1.99. The third kappa shape index (κ3) is 2.45. The standard InChI is InChI=1S/C14H20O3/c1-10-4-11(2)12(3)13(5-10)17-9-14(6-15)7-16-8-14/h4-5,15H,6-9H2,1-3H3. The number of hydrogen-bond acceptors (Lipinski definition) is 3. The van der Waals surface area contributed by atoms with Gasteiger partial charge in [0.2, 0.25) is 0 Å². The molecular formula is C14H20O3. The first-order chi connectivity index (χ1) is 8.06. The van der Waals surface area contributed by atoms with Crippen LogP contribution < -0.4 is 4.74 Å². The third-order valence-electron chi connectivity index (χ3n) is 3.45.